The molecule has 64 heavy (non-hydrogen) atoms. The molecule has 0 radical (unpaired) electrons. The Balaban J connectivity index is 1.81. The van der Waals surface area contributed by atoms with Crippen LogP contribution in [0.4, 0.5) is 26.3 Å². The van der Waals surface area contributed by atoms with E-state index in [1.807, 2.05) is 0 Å². The van der Waals surface area contributed by atoms with Crippen LogP contribution in [-0.2, 0) is 91.2 Å². The van der Waals surface area contributed by atoms with Crippen LogP contribution in [0.3, 0.4) is 0 Å². The number of carbonyl (C=O) groups is 7. The fraction of sp³-hybridized carbons (Fsp3) is 0.583. The number of benzene rings is 1. The number of rotatable bonds is 15. The van der Waals surface area contributed by atoms with Crippen LogP contribution in [0.2, 0.25) is 0 Å². The number of nitrogens with zero attached hydrogens (tertiary/aromatic N) is 3. The predicted molar refractivity (Wildman–Crippen MR) is 191 cm³/mol. The summed E-state index contributed by atoms with van der Waals surface area (Å²) in [5.41, 5.74) is 1.27. The van der Waals surface area contributed by atoms with E-state index in [9.17, 15) is 70.1 Å². The van der Waals surface area contributed by atoms with Crippen molar-refractivity contribution in [2.24, 2.45) is 0 Å². The zero-order valence-electron chi connectivity index (χ0n) is 34.0. The molecule has 0 bridgehead atoms. The Labute approximate surface area is 356 Å². The molecule has 2 aromatic rings. The number of alkyl halides is 6. The van der Waals surface area contributed by atoms with E-state index in [1.54, 1.807) is 5.32 Å². The van der Waals surface area contributed by atoms with E-state index in [0.29, 0.717) is 16.7 Å². The second-order valence-electron chi connectivity index (χ2n) is 14.0. The first-order chi connectivity index (χ1) is 29.8. The SMILES string of the molecule is CC(=O)OC1C(NC(=O)C(F)(F)F)[C@H](OCC2O[C@@H](OC(C)=O)C(NC(=O)C(F)(F)F)C(OC(C)=O)[C@@H]2OC(C)=O)OC(Cn2cc(-c3cc(CO)cc(CO)c3)nn2)[C@H]1OC(C)=O. The number of halogens is 6. The molecule has 0 saturated carbocycles. The number of aromatic nitrogens is 3. The lowest BCUT2D eigenvalue weighted by Gasteiger charge is -2.47. The average Bonchev–Trinajstić information content (AvgIpc) is 3.65. The number of nitrogens with one attached hydrogen (secondary N) is 2. The largest absolute Gasteiger partial charge is 0.471 e. The number of esters is 5. The van der Waals surface area contributed by atoms with E-state index >= 15 is 0 Å². The molecule has 354 valence electrons. The maximum atomic E-state index is 13.8. The fourth-order valence-corrected chi connectivity index (χ4v) is 6.59. The van der Waals surface area contributed by atoms with Gasteiger partial charge in [-0.15, -0.1) is 5.10 Å². The van der Waals surface area contributed by atoms with Crippen LogP contribution >= 0.6 is 0 Å². The first-order valence-corrected chi connectivity index (χ1v) is 18.6. The van der Waals surface area contributed by atoms with E-state index in [1.165, 1.54) is 29.7 Å². The van der Waals surface area contributed by atoms with Crippen LogP contribution in [0.5, 0.6) is 0 Å². The molecule has 0 aliphatic carbocycles. The van der Waals surface area contributed by atoms with Gasteiger partial charge in [0.1, 0.15) is 30.0 Å². The van der Waals surface area contributed by atoms with Gasteiger partial charge >= 0.3 is 54.0 Å². The van der Waals surface area contributed by atoms with E-state index in [2.05, 4.69) is 10.3 Å². The summed E-state index contributed by atoms with van der Waals surface area (Å²) in [6.07, 6.45) is -26.2. The number of amides is 2. The summed E-state index contributed by atoms with van der Waals surface area (Å²) >= 11 is 0. The van der Waals surface area contributed by atoms with Gasteiger partial charge in [0.05, 0.1) is 32.6 Å². The second kappa shape index (κ2) is 21.1. The smallest absolute Gasteiger partial charge is 0.456 e. The third-order valence-corrected chi connectivity index (χ3v) is 8.94. The van der Waals surface area contributed by atoms with E-state index in [-0.39, 0.29) is 5.69 Å². The lowest BCUT2D eigenvalue weighted by Crippen LogP contribution is -2.69. The molecule has 22 nitrogen and oxygen atoms in total. The first-order valence-electron chi connectivity index (χ1n) is 18.6. The van der Waals surface area contributed by atoms with Gasteiger partial charge in [-0.25, -0.2) is 4.68 Å². The number of carbonyl (C=O) groups excluding carboxylic acids is 7. The fourth-order valence-electron chi connectivity index (χ4n) is 6.59. The van der Waals surface area contributed by atoms with Gasteiger partial charge < -0.3 is 58.7 Å². The number of hydrogen-bond acceptors (Lipinski definition) is 19. The van der Waals surface area contributed by atoms with Crippen molar-refractivity contribution < 1.29 is 108 Å². The minimum atomic E-state index is -5.61. The Morgan fingerprint density at radius 3 is 1.50 bits per heavy atom. The van der Waals surface area contributed by atoms with Crippen LogP contribution in [0.1, 0.15) is 45.7 Å². The highest BCUT2D eigenvalue weighted by atomic mass is 19.4. The van der Waals surface area contributed by atoms with Gasteiger partial charge in [-0.1, -0.05) is 11.3 Å². The van der Waals surface area contributed by atoms with Crippen molar-refractivity contribution in [3.63, 3.8) is 0 Å². The molecule has 2 amide bonds. The van der Waals surface area contributed by atoms with Crippen molar-refractivity contribution >= 4 is 41.7 Å². The number of hydrogen-bond donors (Lipinski definition) is 4. The molecule has 4 N–H and O–H groups in total. The minimum Gasteiger partial charge on any atom is -0.456 e. The van der Waals surface area contributed by atoms with Crippen molar-refractivity contribution in [1.29, 1.82) is 0 Å². The molecule has 10 atom stereocenters. The lowest BCUT2D eigenvalue weighted by molar-refractivity contribution is -0.303. The predicted octanol–water partition coefficient (Wildman–Crippen LogP) is -0.220. The van der Waals surface area contributed by atoms with Gasteiger partial charge in [0.2, 0.25) is 6.29 Å². The van der Waals surface area contributed by atoms with Crippen LogP contribution in [0.15, 0.2) is 24.4 Å². The summed E-state index contributed by atoms with van der Waals surface area (Å²) in [6, 6.07) is 0.0407. The summed E-state index contributed by atoms with van der Waals surface area (Å²) in [4.78, 5) is 86.2. The number of aliphatic hydroxyl groups is 2. The minimum absolute atomic E-state index is 0.143. The van der Waals surface area contributed by atoms with E-state index in [4.69, 9.17) is 37.9 Å². The lowest BCUT2D eigenvalue weighted by atomic mass is 9.94. The molecule has 28 heteroatoms. The molecule has 2 fully saturated rings. The zero-order chi connectivity index (χ0) is 47.8. The number of ether oxygens (including phenoxy) is 8. The molecule has 4 rings (SSSR count). The molecule has 1 aromatic heterocycles. The summed E-state index contributed by atoms with van der Waals surface area (Å²) in [5.74, 6) is -11.3. The Hall–Kier alpha value is -5.97. The maximum Gasteiger partial charge on any atom is 0.471 e. The third-order valence-electron chi connectivity index (χ3n) is 8.94. The zero-order valence-corrected chi connectivity index (χ0v) is 34.0. The molecule has 2 saturated heterocycles. The highest BCUT2D eigenvalue weighted by molar-refractivity contribution is 5.83. The highest BCUT2D eigenvalue weighted by Crippen LogP contribution is 2.33. The van der Waals surface area contributed by atoms with Crippen LogP contribution in [0, 0.1) is 0 Å². The second-order valence-corrected chi connectivity index (χ2v) is 14.0. The Morgan fingerprint density at radius 1 is 0.641 bits per heavy atom. The van der Waals surface area contributed by atoms with Crippen LogP contribution in [-0.4, -0.2) is 147 Å². The van der Waals surface area contributed by atoms with Crippen molar-refractivity contribution in [3.8, 4) is 11.3 Å². The van der Waals surface area contributed by atoms with Gasteiger partial charge in [-0.05, 0) is 23.3 Å². The van der Waals surface area contributed by atoms with Crippen molar-refractivity contribution in [2.45, 2.75) is 128 Å². The molecule has 0 spiro atoms. The molecule has 1 aromatic carbocycles. The molecule has 3 heterocycles. The Morgan fingerprint density at radius 2 is 1.06 bits per heavy atom. The van der Waals surface area contributed by atoms with Gasteiger partial charge in [0, 0.05) is 40.2 Å². The summed E-state index contributed by atoms with van der Waals surface area (Å²) < 4.78 is 126. The van der Waals surface area contributed by atoms with Gasteiger partial charge in [-0.3, -0.25) is 33.6 Å². The number of aliphatic hydroxyl groups excluding tert-OH is 2. The van der Waals surface area contributed by atoms with E-state index < -0.39 is 142 Å². The molecular weight excluding hydrogens is 888 g/mol. The summed E-state index contributed by atoms with van der Waals surface area (Å²) in [7, 11) is 0. The van der Waals surface area contributed by atoms with Crippen molar-refractivity contribution in [3.05, 3.63) is 35.5 Å². The normalized spacial score (nSPS) is 25.9. The maximum absolute atomic E-state index is 13.8. The third kappa shape index (κ3) is 13.5. The Bertz CT molecular complexity index is 2030. The van der Waals surface area contributed by atoms with Crippen LogP contribution < -0.4 is 10.6 Å². The molecule has 6 unspecified atom stereocenters. The standard InChI is InChI=1S/C36H41F6N5O17/c1-14(50)58-27-23(10-47-9-22(45-46-47)21-7-19(11-48)6-20(8-21)12-49)63-31(25(29(27)60-16(3)52)43-33(55)35(37,38)39)57-13-24-28(59-15(2)51)30(61-17(4)53)26(32(64-24)62-18(5)54)44-34(56)36(40,41)42/h6-9,23-32,48-49H,10-13H2,1-5H3,(H,43,55)(H,44,56)/t23?,24?,25?,26?,27-,28-,29?,30?,31-,32-/m1/s1. The Kier molecular flexibility index (Phi) is 16.7. The van der Waals surface area contributed by atoms with Crippen molar-refractivity contribution in [1.82, 2.24) is 25.6 Å². The molecule has 2 aliphatic heterocycles. The quantitative estimate of drug-likeness (QED) is 0.102. The van der Waals surface area contributed by atoms with E-state index in [0.717, 1.165) is 39.3 Å². The van der Waals surface area contributed by atoms with Gasteiger partial charge in [0.25, 0.3) is 0 Å². The monoisotopic (exact) mass is 929 g/mol. The first kappa shape index (κ1) is 50.7. The summed E-state index contributed by atoms with van der Waals surface area (Å²) in [5, 5.41) is 30.4. The molecule has 2 aliphatic rings. The van der Waals surface area contributed by atoms with Gasteiger partial charge in [-0.2, -0.15) is 26.3 Å². The highest BCUT2D eigenvalue weighted by Gasteiger charge is 2.57. The molecular formula is C36H41F6N5O17. The van der Waals surface area contributed by atoms with Crippen LogP contribution in [0.25, 0.3) is 11.3 Å². The topological polar surface area (TPSA) is 289 Å². The van der Waals surface area contributed by atoms with Crippen molar-refractivity contribution in [2.75, 3.05) is 6.61 Å². The van der Waals surface area contributed by atoms with Gasteiger partial charge in [0.15, 0.2) is 30.7 Å². The average molecular weight is 930 g/mol. The summed E-state index contributed by atoms with van der Waals surface area (Å²) in [6.45, 7) is 1.52.